The highest BCUT2D eigenvalue weighted by Crippen LogP contribution is 2.27. The summed E-state index contributed by atoms with van der Waals surface area (Å²) in [6.07, 6.45) is 1.27. The predicted molar refractivity (Wildman–Crippen MR) is 73.1 cm³/mol. The van der Waals surface area contributed by atoms with Crippen LogP contribution in [0.4, 0.5) is 0 Å². The zero-order valence-corrected chi connectivity index (χ0v) is 11.7. The molecule has 4 heteroatoms. The van der Waals surface area contributed by atoms with Gasteiger partial charge in [-0.15, -0.1) is 0 Å². The average molecular weight is 299 g/mol. The van der Waals surface area contributed by atoms with Gasteiger partial charge in [0.2, 0.25) is 0 Å². The van der Waals surface area contributed by atoms with Gasteiger partial charge in [0.05, 0.1) is 4.47 Å². The third-order valence-electron chi connectivity index (χ3n) is 3.31. The van der Waals surface area contributed by atoms with Crippen molar-refractivity contribution in [2.75, 3.05) is 26.7 Å². The molecule has 1 heterocycles. The maximum absolute atomic E-state index is 9.84. The third-order valence-corrected chi connectivity index (χ3v) is 3.95. The Balaban J connectivity index is 1.80. The van der Waals surface area contributed by atoms with E-state index in [1.807, 2.05) is 18.2 Å². The van der Waals surface area contributed by atoms with E-state index in [0.717, 1.165) is 29.0 Å². The summed E-state index contributed by atoms with van der Waals surface area (Å²) in [7, 11) is 2.17. The van der Waals surface area contributed by atoms with Gasteiger partial charge in [-0.3, -0.25) is 0 Å². The van der Waals surface area contributed by atoms with Gasteiger partial charge in [-0.05, 0) is 54.5 Å². The lowest BCUT2D eigenvalue weighted by atomic mass is 10.1. The van der Waals surface area contributed by atoms with E-state index in [9.17, 15) is 5.11 Å². The molecule has 1 aromatic rings. The second kappa shape index (κ2) is 5.85. The molecule has 1 atom stereocenters. The topological polar surface area (TPSA) is 35.5 Å². The highest BCUT2D eigenvalue weighted by atomic mass is 79.9. The van der Waals surface area contributed by atoms with Crippen LogP contribution in [-0.2, 0) is 6.54 Å². The maximum atomic E-state index is 9.84. The maximum Gasteiger partial charge on any atom is 0.134 e. The lowest BCUT2D eigenvalue weighted by Gasteiger charge is -2.12. The minimum absolute atomic E-state index is 0.350. The van der Waals surface area contributed by atoms with Crippen LogP contribution >= 0.6 is 15.9 Å². The molecule has 1 aliphatic heterocycles. The fourth-order valence-electron chi connectivity index (χ4n) is 2.31. The molecule has 2 rings (SSSR count). The Hall–Kier alpha value is -0.580. The first-order valence-corrected chi connectivity index (χ1v) is 6.81. The van der Waals surface area contributed by atoms with E-state index in [1.165, 1.54) is 19.5 Å². The Bertz CT molecular complexity index is 384. The van der Waals surface area contributed by atoms with Gasteiger partial charge in [-0.25, -0.2) is 0 Å². The fourth-order valence-corrected chi connectivity index (χ4v) is 2.71. The Labute approximate surface area is 111 Å². The van der Waals surface area contributed by atoms with E-state index in [2.05, 4.69) is 33.2 Å². The number of rotatable bonds is 4. The first-order chi connectivity index (χ1) is 8.16. The summed E-state index contributed by atoms with van der Waals surface area (Å²) in [4.78, 5) is 2.36. The number of phenolic OH excluding ortho intramolecular Hbond substituents is 1. The molecule has 1 aromatic carbocycles. The van der Waals surface area contributed by atoms with E-state index in [-0.39, 0.29) is 0 Å². The Morgan fingerprint density at radius 1 is 1.53 bits per heavy atom. The SMILES string of the molecule is CN1CCC(CNCc2cccc(Br)c2O)C1. The fraction of sp³-hybridized carbons (Fsp3) is 0.538. The minimum atomic E-state index is 0.350. The molecule has 0 radical (unpaired) electrons. The van der Waals surface area contributed by atoms with Crippen molar-refractivity contribution >= 4 is 15.9 Å². The van der Waals surface area contributed by atoms with Crippen molar-refractivity contribution in [3.05, 3.63) is 28.2 Å². The van der Waals surface area contributed by atoms with Crippen LogP contribution in [0.3, 0.4) is 0 Å². The molecule has 1 saturated heterocycles. The van der Waals surface area contributed by atoms with Crippen LogP contribution in [0.25, 0.3) is 0 Å². The average Bonchev–Trinajstić information content (AvgIpc) is 2.70. The molecule has 0 bridgehead atoms. The number of aromatic hydroxyl groups is 1. The molecule has 17 heavy (non-hydrogen) atoms. The van der Waals surface area contributed by atoms with E-state index in [0.29, 0.717) is 5.75 Å². The zero-order valence-electron chi connectivity index (χ0n) is 10.1. The van der Waals surface area contributed by atoms with Gasteiger partial charge in [-0.2, -0.15) is 0 Å². The lowest BCUT2D eigenvalue weighted by molar-refractivity contribution is 0.387. The molecule has 3 nitrogen and oxygen atoms in total. The predicted octanol–water partition coefficient (Wildman–Crippen LogP) is 2.20. The molecular formula is C13H19BrN2O. The summed E-state index contributed by atoms with van der Waals surface area (Å²) in [5.74, 6) is 1.10. The van der Waals surface area contributed by atoms with Crippen molar-refractivity contribution in [1.29, 1.82) is 0 Å². The number of halogens is 1. The molecule has 2 N–H and O–H groups in total. The van der Waals surface area contributed by atoms with E-state index >= 15 is 0 Å². The van der Waals surface area contributed by atoms with Crippen molar-refractivity contribution in [3.8, 4) is 5.75 Å². The number of nitrogens with zero attached hydrogens (tertiary/aromatic N) is 1. The van der Waals surface area contributed by atoms with Crippen LogP contribution in [0.2, 0.25) is 0 Å². The van der Waals surface area contributed by atoms with Crippen LogP contribution in [0.1, 0.15) is 12.0 Å². The van der Waals surface area contributed by atoms with Gasteiger partial charge in [0.15, 0.2) is 0 Å². The molecule has 94 valence electrons. The third kappa shape index (κ3) is 3.44. The molecule has 0 aliphatic carbocycles. The Kier molecular flexibility index (Phi) is 4.42. The molecule has 1 unspecified atom stereocenters. The van der Waals surface area contributed by atoms with Gasteiger partial charge in [0.1, 0.15) is 5.75 Å². The number of likely N-dealkylation sites (tertiary alicyclic amines) is 1. The summed E-state index contributed by atoms with van der Waals surface area (Å²) < 4.78 is 0.761. The summed E-state index contributed by atoms with van der Waals surface area (Å²) >= 11 is 3.33. The van der Waals surface area contributed by atoms with E-state index in [4.69, 9.17) is 0 Å². The van der Waals surface area contributed by atoms with Crippen LogP contribution in [0.5, 0.6) is 5.75 Å². The normalized spacial score (nSPS) is 20.9. The van der Waals surface area contributed by atoms with Crippen LogP contribution in [-0.4, -0.2) is 36.7 Å². The highest BCUT2D eigenvalue weighted by molar-refractivity contribution is 9.10. The quantitative estimate of drug-likeness (QED) is 0.894. The molecule has 0 spiro atoms. The van der Waals surface area contributed by atoms with Crippen molar-refractivity contribution < 1.29 is 5.11 Å². The summed E-state index contributed by atoms with van der Waals surface area (Å²) in [6, 6.07) is 5.75. The van der Waals surface area contributed by atoms with Gasteiger partial charge in [0.25, 0.3) is 0 Å². The van der Waals surface area contributed by atoms with E-state index in [1.54, 1.807) is 0 Å². The van der Waals surface area contributed by atoms with Crippen molar-refractivity contribution in [2.24, 2.45) is 5.92 Å². The number of hydrogen-bond donors (Lipinski definition) is 2. The van der Waals surface area contributed by atoms with Crippen LogP contribution in [0, 0.1) is 5.92 Å². The molecule has 1 aliphatic rings. The van der Waals surface area contributed by atoms with Crippen molar-refractivity contribution in [3.63, 3.8) is 0 Å². The van der Waals surface area contributed by atoms with Crippen LogP contribution < -0.4 is 5.32 Å². The van der Waals surface area contributed by atoms with Gasteiger partial charge >= 0.3 is 0 Å². The number of benzene rings is 1. The molecule has 0 aromatic heterocycles. The standard InChI is InChI=1S/C13H19BrN2O/c1-16-6-5-10(9-16)7-15-8-11-3-2-4-12(14)13(11)17/h2-4,10,15,17H,5-9H2,1H3. The monoisotopic (exact) mass is 298 g/mol. The molecular weight excluding hydrogens is 280 g/mol. The Morgan fingerprint density at radius 3 is 3.06 bits per heavy atom. The largest absolute Gasteiger partial charge is 0.506 e. The van der Waals surface area contributed by atoms with Crippen LogP contribution in [0.15, 0.2) is 22.7 Å². The second-order valence-electron chi connectivity index (χ2n) is 4.80. The molecule has 1 fully saturated rings. The summed E-state index contributed by atoms with van der Waals surface area (Å²) in [6.45, 7) is 4.13. The summed E-state index contributed by atoms with van der Waals surface area (Å²) in [5, 5.41) is 13.3. The van der Waals surface area contributed by atoms with Crippen molar-refractivity contribution in [2.45, 2.75) is 13.0 Å². The van der Waals surface area contributed by atoms with E-state index < -0.39 is 0 Å². The highest BCUT2D eigenvalue weighted by Gasteiger charge is 2.18. The summed E-state index contributed by atoms with van der Waals surface area (Å²) in [5.41, 5.74) is 0.950. The second-order valence-corrected chi connectivity index (χ2v) is 5.65. The smallest absolute Gasteiger partial charge is 0.134 e. The van der Waals surface area contributed by atoms with Gasteiger partial charge in [-0.1, -0.05) is 12.1 Å². The molecule has 0 saturated carbocycles. The number of para-hydroxylation sites is 1. The Morgan fingerprint density at radius 2 is 2.35 bits per heavy atom. The first-order valence-electron chi connectivity index (χ1n) is 6.02. The number of hydrogen-bond acceptors (Lipinski definition) is 3. The van der Waals surface area contributed by atoms with Crippen molar-refractivity contribution in [1.82, 2.24) is 10.2 Å². The molecule has 0 amide bonds. The van der Waals surface area contributed by atoms with Gasteiger partial charge < -0.3 is 15.3 Å². The lowest BCUT2D eigenvalue weighted by Crippen LogP contribution is -2.24. The van der Waals surface area contributed by atoms with Gasteiger partial charge in [0, 0.05) is 18.7 Å². The number of nitrogens with one attached hydrogen (secondary N) is 1. The zero-order chi connectivity index (χ0) is 12.3. The minimum Gasteiger partial charge on any atom is -0.506 e. The first kappa shape index (κ1) is 12.9. The number of phenols is 1.